The second-order valence-electron chi connectivity index (χ2n) is 2.97. The highest BCUT2D eigenvalue weighted by molar-refractivity contribution is 6.28. The Morgan fingerprint density at radius 1 is 1.31 bits per heavy atom. The van der Waals surface area contributed by atoms with Crippen molar-refractivity contribution in [2.75, 3.05) is 7.11 Å². The lowest BCUT2D eigenvalue weighted by molar-refractivity contribution is 0.416. The summed E-state index contributed by atoms with van der Waals surface area (Å²) in [5.41, 5.74) is 0.0823. The number of H-pyrrole nitrogens is 1. The van der Waals surface area contributed by atoms with Crippen molar-refractivity contribution in [1.29, 1.82) is 0 Å². The average molecular weight is 238 g/mol. The molecule has 0 bridgehead atoms. The van der Waals surface area contributed by atoms with E-state index in [2.05, 4.69) is 15.0 Å². The molecule has 0 saturated carbocycles. The monoisotopic (exact) mass is 237 g/mol. The molecule has 0 atom stereocenters. The maximum absolute atomic E-state index is 11.2. The number of aromatic nitrogens is 3. The second-order valence-corrected chi connectivity index (χ2v) is 3.33. The topological polar surface area (TPSA) is 67.9 Å². The van der Waals surface area contributed by atoms with Crippen LogP contribution < -0.4 is 10.4 Å². The molecular formula is C10H8ClN3O2. The first kappa shape index (κ1) is 10.6. The minimum atomic E-state index is -0.541. The van der Waals surface area contributed by atoms with Gasteiger partial charge in [-0.25, -0.2) is 4.79 Å². The van der Waals surface area contributed by atoms with Crippen LogP contribution in [0.5, 0.6) is 5.75 Å². The number of nitrogens with one attached hydrogen (secondary N) is 1. The predicted molar refractivity (Wildman–Crippen MR) is 59.7 cm³/mol. The number of para-hydroxylation sites is 1. The standard InChI is InChI=1S/C10H8ClN3O2/c1-16-7-5-3-2-4-6(7)8-12-9(11)14-10(15)13-8/h2-5H,1H3,(H,12,13,14,15). The maximum atomic E-state index is 11.2. The third kappa shape index (κ3) is 2.04. The molecule has 1 aromatic heterocycles. The van der Waals surface area contributed by atoms with Gasteiger partial charge in [-0.2, -0.15) is 9.97 Å². The lowest BCUT2D eigenvalue weighted by Crippen LogP contribution is -2.13. The van der Waals surface area contributed by atoms with Crippen molar-refractivity contribution in [3.05, 3.63) is 40.0 Å². The average Bonchev–Trinajstić information content (AvgIpc) is 2.27. The summed E-state index contributed by atoms with van der Waals surface area (Å²) in [4.78, 5) is 21.1. The Morgan fingerprint density at radius 3 is 2.75 bits per heavy atom. The highest BCUT2D eigenvalue weighted by Gasteiger charge is 2.09. The lowest BCUT2D eigenvalue weighted by Gasteiger charge is -2.05. The van der Waals surface area contributed by atoms with E-state index in [1.54, 1.807) is 18.2 Å². The molecule has 6 heteroatoms. The van der Waals surface area contributed by atoms with Gasteiger partial charge in [0.15, 0.2) is 5.82 Å². The fourth-order valence-corrected chi connectivity index (χ4v) is 1.47. The summed E-state index contributed by atoms with van der Waals surface area (Å²) < 4.78 is 5.14. The van der Waals surface area contributed by atoms with Crippen molar-refractivity contribution in [3.63, 3.8) is 0 Å². The zero-order valence-corrected chi connectivity index (χ0v) is 9.15. The molecule has 0 aliphatic heterocycles. The van der Waals surface area contributed by atoms with E-state index in [0.29, 0.717) is 11.3 Å². The Hall–Kier alpha value is -1.88. The minimum absolute atomic E-state index is 0.000839. The molecule has 0 aliphatic carbocycles. The summed E-state index contributed by atoms with van der Waals surface area (Å²) >= 11 is 5.65. The fraction of sp³-hybridized carbons (Fsp3) is 0.100. The highest BCUT2D eigenvalue weighted by Crippen LogP contribution is 2.26. The van der Waals surface area contributed by atoms with E-state index in [0.717, 1.165) is 0 Å². The SMILES string of the molecule is COc1ccccc1-c1nc(Cl)[nH]c(=O)n1. The van der Waals surface area contributed by atoms with Crippen LogP contribution in [0, 0.1) is 0 Å². The van der Waals surface area contributed by atoms with Gasteiger partial charge in [0.2, 0.25) is 5.28 Å². The molecule has 16 heavy (non-hydrogen) atoms. The van der Waals surface area contributed by atoms with Gasteiger partial charge in [-0.1, -0.05) is 12.1 Å². The van der Waals surface area contributed by atoms with E-state index < -0.39 is 5.69 Å². The smallest absolute Gasteiger partial charge is 0.349 e. The summed E-state index contributed by atoms with van der Waals surface area (Å²) in [5, 5.41) is 0.000839. The van der Waals surface area contributed by atoms with Crippen molar-refractivity contribution < 1.29 is 4.74 Å². The number of nitrogens with zero attached hydrogens (tertiary/aromatic N) is 2. The summed E-state index contributed by atoms with van der Waals surface area (Å²) in [6, 6.07) is 7.13. The van der Waals surface area contributed by atoms with Gasteiger partial charge in [0, 0.05) is 0 Å². The van der Waals surface area contributed by atoms with E-state index in [1.165, 1.54) is 7.11 Å². The molecule has 2 rings (SSSR count). The van der Waals surface area contributed by atoms with Gasteiger partial charge in [-0.05, 0) is 23.7 Å². The van der Waals surface area contributed by atoms with Crippen LogP contribution in [-0.4, -0.2) is 22.1 Å². The number of benzene rings is 1. The molecule has 1 aromatic carbocycles. The molecular weight excluding hydrogens is 230 g/mol. The minimum Gasteiger partial charge on any atom is -0.496 e. The van der Waals surface area contributed by atoms with Crippen molar-refractivity contribution in [2.45, 2.75) is 0 Å². The molecule has 0 aliphatic rings. The van der Waals surface area contributed by atoms with Gasteiger partial charge in [0.1, 0.15) is 5.75 Å². The molecule has 82 valence electrons. The van der Waals surface area contributed by atoms with Crippen LogP contribution >= 0.6 is 11.6 Å². The van der Waals surface area contributed by atoms with Crippen LogP contribution in [0.4, 0.5) is 0 Å². The van der Waals surface area contributed by atoms with Crippen LogP contribution in [0.25, 0.3) is 11.4 Å². The van der Waals surface area contributed by atoms with Crippen LogP contribution in [0.1, 0.15) is 0 Å². The van der Waals surface area contributed by atoms with Crippen LogP contribution in [0.2, 0.25) is 5.28 Å². The van der Waals surface area contributed by atoms with Crippen molar-refractivity contribution >= 4 is 11.6 Å². The Kier molecular flexibility index (Phi) is 2.87. The van der Waals surface area contributed by atoms with E-state index in [1.807, 2.05) is 6.07 Å². The fourth-order valence-electron chi connectivity index (χ4n) is 1.31. The lowest BCUT2D eigenvalue weighted by atomic mass is 10.2. The zero-order valence-electron chi connectivity index (χ0n) is 8.40. The Bertz CT molecular complexity index is 568. The molecule has 2 aromatic rings. The van der Waals surface area contributed by atoms with Gasteiger partial charge in [-0.3, -0.25) is 4.98 Å². The number of hydrogen-bond acceptors (Lipinski definition) is 4. The summed E-state index contributed by atoms with van der Waals surface area (Å²) in [7, 11) is 1.54. The molecule has 0 radical (unpaired) electrons. The van der Waals surface area contributed by atoms with Gasteiger partial charge in [0.25, 0.3) is 0 Å². The number of ether oxygens (including phenoxy) is 1. The van der Waals surface area contributed by atoms with Gasteiger partial charge >= 0.3 is 5.69 Å². The molecule has 5 nitrogen and oxygen atoms in total. The van der Waals surface area contributed by atoms with Crippen molar-refractivity contribution in [2.24, 2.45) is 0 Å². The molecule has 0 saturated heterocycles. The zero-order chi connectivity index (χ0) is 11.5. The Balaban J connectivity index is 2.62. The molecule has 1 heterocycles. The first-order valence-electron chi connectivity index (χ1n) is 4.48. The number of methoxy groups -OCH3 is 1. The first-order valence-corrected chi connectivity index (χ1v) is 4.86. The quantitative estimate of drug-likeness (QED) is 0.859. The van der Waals surface area contributed by atoms with Gasteiger partial charge in [0.05, 0.1) is 12.7 Å². The van der Waals surface area contributed by atoms with E-state index in [9.17, 15) is 4.79 Å². The van der Waals surface area contributed by atoms with Gasteiger partial charge in [-0.15, -0.1) is 0 Å². The van der Waals surface area contributed by atoms with Crippen LogP contribution in [0.15, 0.2) is 29.1 Å². The van der Waals surface area contributed by atoms with E-state index in [-0.39, 0.29) is 11.1 Å². The third-order valence-electron chi connectivity index (χ3n) is 1.97. The molecule has 0 spiro atoms. The summed E-state index contributed by atoms with van der Waals surface area (Å²) in [5.74, 6) is 0.829. The van der Waals surface area contributed by atoms with E-state index >= 15 is 0 Å². The Labute approximate surface area is 96.1 Å². The van der Waals surface area contributed by atoms with Crippen LogP contribution in [-0.2, 0) is 0 Å². The molecule has 0 unspecified atom stereocenters. The molecule has 0 amide bonds. The van der Waals surface area contributed by atoms with Crippen LogP contribution in [0.3, 0.4) is 0 Å². The highest BCUT2D eigenvalue weighted by atomic mass is 35.5. The van der Waals surface area contributed by atoms with Crippen molar-refractivity contribution in [3.8, 4) is 17.1 Å². The molecule has 1 N–H and O–H groups in total. The molecule has 0 fully saturated rings. The summed E-state index contributed by atoms with van der Waals surface area (Å²) in [6.45, 7) is 0. The number of hydrogen-bond donors (Lipinski definition) is 1. The number of rotatable bonds is 2. The summed E-state index contributed by atoms with van der Waals surface area (Å²) in [6.07, 6.45) is 0. The Morgan fingerprint density at radius 2 is 2.06 bits per heavy atom. The first-order chi connectivity index (χ1) is 7.70. The van der Waals surface area contributed by atoms with Crippen molar-refractivity contribution in [1.82, 2.24) is 15.0 Å². The second kappa shape index (κ2) is 4.32. The normalized spacial score (nSPS) is 10.1. The number of halogens is 1. The van der Waals surface area contributed by atoms with E-state index in [4.69, 9.17) is 16.3 Å². The third-order valence-corrected chi connectivity index (χ3v) is 2.15. The van der Waals surface area contributed by atoms with Gasteiger partial charge < -0.3 is 4.74 Å². The maximum Gasteiger partial charge on any atom is 0.349 e. The largest absolute Gasteiger partial charge is 0.496 e. The predicted octanol–water partition coefficient (Wildman–Crippen LogP) is 1.49. The number of aromatic amines is 1.